The summed E-state index contributed by atoms with van der Waals surface area (Å²) in [7, 11) is 0. The maximum absolute atomic E-state index is 13.6. The van der Waals surface area contributed by atoms with Crippen LogP contribution in [-0.4, -0.2) is 18.6 Å². The van der Waals surface area contributed by atoms with Gasteiger partial charge in [0.2, 0.25) is 0 Å². The minimum absolute atomic E-state index is 0.0705. The molecule has 2 rings (SSSR count). The van der Waals surface area contributed by atoms with Gasteiger partial charge in [-0.15, -0.1) is 0 Å². The molecule has 4 nitrogen and oxygen atoms in total. The van der Waals surface area contributed by atoms with E-state index >= 15 is 0 Å². The molecule has 0 bridgehead atoms. The molecule has 0 aliphatic rings. The lowest BCUT2D eigenvalue weighted by Crippen LogP contribution is -2.32. The highest BCUT2D eigenvalue weighted by Crippen LogP contribution is 2.20. The Morgan fingerprint density at radius 3 is 2.43 bits per heavy atom. The van der Waals surface area contributed by atoms with Crippen molar-refractivity contribution in [3.8, 4) is 11.5 Å². The summed E-state index contributed by atoms with van der Waals surface area (Å²) >= 11 is 0. The highest BCUT2D eigenvalue weighted by Gasteiger charge is 2.19. The summed E-state index contributed by atoms with van der Waals surface area (Å²) in [5, 5.41) is 2.76. The molecule has 0 radical (unpaired) electrons. The van der Waals surface area contributed by atoms with Crippen LogP contribution in [0.4, 0.5) is 10.1 Å². The third-order valence-corrected chi connectivity index (χ3v) is 3.20. The first-order valence-electron chi connectivity index (χ1n) is 7.59. The van der Waals surface area contributed by atoms with Crippen LogP contribution in [0.5, 0.6) is 11.5 Å². The van der Waals surface area contributed by atoms with Crippen LogP contribution in [0, 0.1) is 5.82 Å². The van der Waals surface area contributed by atoms with Gasteiger partial charge in [0.15, 0.2) is 17.7 Å². The third kappa shape index (κ3) is 4.71. The molecule has 0 saturated heterocycles. The number of carbonyl (C=O) groups excluding carboxylic acids is 1. The second-order valence-corrected chi connectivity index (χ2v) is 4.89. The summed E-state index contributed by atoms with van der Waals surface area (Å²) in [5.41, 5.74) is 0.633. The normalized spacial score (nSPS) is 11.6. The van der Waals surface area contributed by atoms with E-state index in [-0.39, 0.29) is 11.7 Å². The molecular formula is C18H20FNO3. The second kappa shape index (κ2) is 8.17. The smallest absolute Gasteiger partial charge is 0.265 e. The number of ether oxygens (including phenoxy) is 2. The molecule has 122 valence electrons. The van der Waals surface area contributed by atoms with Crippen LogP contribution in [0.3, 0.4) is 0 Å². The minimum atomic E-state index is -0.765. The summed E-state index contributed by atoms with van der Waals surface area (Å²) in [6, 6.07) is 13.1. The van der Waals surface area contributed by atoms with Crippen LogP contribution in [0.2, 0.25) is 0 Å². The average Bonchev–Trinajstić information content (AvgIpc) is 2.56. The zero-order valence-corrected chi connectivity index (χ0v) is 13.2. The predicted molar refractivity (Wildman–Crippen MR) is 87.3 cm³/mol. The summed E-state index contributed by atoms with van der Waals surface area (Å²) in [6.45, 7) is 4.30. The van der Waals surface area contributed by atoms with Gasteiger partial charge in [0, 0.05) is 5.69 Å². The van der Waals surface area contributed by atoms with E-state index in [2.05, 4.69) is 5.32 Å². The highest BCUT2D eigenvalue weighted by atomic mass is 19.1. The molecule has 0 saturated carbocycles. The van der Waals surface area contributed by atoms with E-state index in [1.54, 1.807) is 36.4 Å². The molecule has 0 aliphatic heterocycles. The summed E-state index contributed by atoms with van der Waals surface area (Å²) < 4.78 is 24.4. The van der Waals surface area contributed by atoms with E-state index < -0.39 is 11.9 Å². The molecule has 1 unspecified atom stereocenters. The van der Waals surface area contributed by atoms with Gasteiger partial charge in [0.05, 0.1) is 6.61 Å². The Balaban J connectivity index is 2.01. The number of rotatable bonds is 7. The first kappa shape index (κ1) is 16.8. The van der Waals surface area contributed by atoms with Crippen LogP contribution in [-0.2, 0) is 4.79 Å². The Morgan fingerprint density at radius 2 is 1.83 bits per heavy atom. The van der Waals surface area contributed by atoms with Crippen molar-refractivity contribution < 1.29 is 18.7 Å². The van der Waals surface area contributed by atoms with Crippen molar-refractivity contribution in [1.82, 2.24) is 0 Å². The third-order valence-electron chi connectivity index (χ3n) is 3.20. The SMILES string of the molecule is CCOc1ccc(NC(=O)C(CC)Oc2ccccc2F)cc1. The van der Waals surface area contributed by atoms with Gasteiger partial charge in [0.1, 0.15) is 5.75 Å². The number of benzene rings is 2. The summed E-state index contributed by atoms with van der Waals surface area (Å²) in [6.07, 6.45) is -0.338. The van der Waals surface area contributed by atoms with Crippen molar-refractivity contribution in [2.24, 2.45) is 0 Å². The fourth-order valence-corrected chi connectivity index (χ4v) is 2.04. The van der Waals surface area contributed by atoms with Crippen LogP contribution in [0.25, 0.3) is 0 Å². The largest absolute Gasteiger partial charge is 0.494 e. The van der Waals surface area contributed by atoms with E-state index in [9.17, 15) is 9.18 Å². The molecule has 0 aliphatic carbocycles. The monoisotopic (exact) mass is 317 g/mol. The molecule has 1 atom stereocenters. The Labute approximate surface area is 135 Å². The Morgan fingerprint density at radius 1 is 1.13 bits per heavy atom. The number of para-hydroxylation sites is 1. The van der Waals surface area contributed by atoms with E-state index in [1.807, 2.05) is 13.8 Å². The van der Waals surface area contributed by atoms with E-state index in [0.717, 1.165) is 5.75 Å². The molecule has 0 spiro atoms. The number of nitrogens with one attached hydrogen (secondary N) is 1. The maximum atomic E-state index is 13.6. The van der Waals surface area contributed by atoms with E-state index in [0.29, 0.717) is 18.7 Å². The lowest BCUT2D eigenvalue weighted by molar-refractivity contribution is -0.122. The molecule has 1 amide bonds. The van der Waals surface area contributed by atoms with Gasteiger partial charge < -0.3 is 14.8 Å². The molecule has 5 heteroatoms. The summed E-state index contributed by atoms with van der Waals surface area (Å²) in [5.74, 6) is 0.000992. The van der Waals surface area contributed by atoms with Crippen molar-refractivity contribution in [1.29, 1.82) is 0 Å². The first-order chi connectivity index (χ1) is 11.1. The number of amides is 1. The number of hydrogen-bond acceptors (Lipinski definition) is 3. The molecular weight excluding hydrogens is 297 g/mol. The zero-order chi connectivity index (χ0) is 16.7. The van der Waals surface area contributed by atoms with Crippen molar-refractivity contribution in [3.05, 3.63) is 54.3 Å². The Bertz CT molecular complexity index is 643. The maximum Gasteiger partial charge on any atom is 0.265 e. The van der Waals surface area contributed by atoms with E-state index in [1.165, 1.54) is 12.1 Å². The fourth-order valence-electron chi connectivity index (χ4n) is 2.04. The Hall–Kier alpha value is -2.56. The lowest BCUT2D eigenvalue weighted by atomic mass is 10.2. The minimum Gasteiger partial charge on any atom is -0.494 e. The molecule has 1 N–H and O–H groups in total. The molecule has 23 heavy (non-hydrogen) atoms. The fraction of sp³-hybridized carbons (Fsp3) is 0.278. The number of halogens is 1. The van der Waals surface area contributed by atoms with Gasteiger partial charge in [-0.05, 0) is 49.7 Å². The molecule has 0 fully saturated rings. The topological polar surface area (TPSA) is 47.6 Å². The predicted octanol–water partition coefficient (Wildman–Crippen LogP) is 4.02. The van der Waals surface area contributed by atoms with Gasteiger partial charge in [0.25, 0.3) is 5.91 Å². The van der Waals surface area contributed by atoms with Gasteiger partial charge in [-0.2, -0.15) is 0 Å². The Kier molecular flexibility index (Phi) is 5.97. The van der Waals surface area contributed by atoms with E-state index in [4.69, 9.17) is 9.47 Å². The lowest BCUT2D eigenvalue weighted by Gasteiger charge is -2.17. The van der Waals surface area contributed by atoms with Gasteiger partial charge in [-0.25, -0.2) is 4.39 Å². The number of anilines is 1. The van der Waals surface area contributed by atoms with Crippen LogP contribution >= 0.6 is 0 Å². The average molecular weight is 317 g/mol. The van der Waals surface area contributed by atoms with Crippen molar-refractivity contribution >= 4 is 11.6 Å². The standard InChI is InChI=1S/C18H20FNO3/c1-3-16(23-17-8-6-5-7-15(17)19)18(21)20-13-9-11-14(12-10-13)22-4-2/h5-12,16H,3-4H2,1-2H3,(H,20,21). The van der Waals surface area contributed by atoms with Gasteiger partial charge in [-0.3, -0.25) is 4.79 Å². The number of carbonyl (C=O) groups is 1. The van der Waals surface area contributed by atoms with Crippen LogP contribution in [0.15, 0.2) is 48.5 Å². The highest BCUT2D eigenvalue weighted by molar-refractivity contribution is 5.94. The molecule has 2 aromatic rings. The quantitative estimate of drug-likeness (QED) is 0.839. The van der Waals surface area contributed by atoms with Gasteiger partial charge in [-0.1, -0.05) is 19.1 Å². The van der Waals surface area contributed by atoms with Gasteiger partial charge >= 0.3 is 0 Å². The van der Waals surface area contributed by atoms with Crippen molar-refractivity contribution in [3.63, 3.8) is 0 Å². The molecule has 0 heterocycles. The molecule has 2 aromatic carbocycles. The van der Waals surface area contributed by atoms with Crippen molar-refractivity contribution in [2.45, 2.75) is 26.4 Å². The van der Waals surface area contributed by atoms with Crippen LogP contribution < -0.4 is 14.8 Å². The van der Waals surface area contributed by atoms with Crippen LogP contribution in [0.1, 0.15) is 20.3 Å². The number of hydrogen-bond donors (Lipinski definition) is 1. The van der Waals surface area contributed by atoms with Crippen molar-refractivity contribution in [2.75, 3.05) is 11.9 Å². The molecule has 0 aromatic heterocycles. The first-order valence-corrected chi connectivity index (χ1v) is 7.59. The summed E-state index contributed by atoms with van der Waals surface area (Å²) in [4.78, 5) is 12.3. The second-order valence-electron chi connectivity index (χ2n) is 4.89. The zero-order valence-electron chi connectivity index (χ0n) is 13.2.